The molecule has 118 valence electrons. The zero-order chi connectivity index (χ0) is 15.2. The van der Waals surface area contributed by atoms with E-state index in [9.17, 15) is 4.79 Å². The largest absolute Gasteiger partial charge is 0.395 e. The van der Waals surface area contributed by atoms with Crippen molar-refractivity contribution in [3.63, 3.8) is 0 Å². The standard InChI is InChI=1S/C14H25N5O2/c1-2-4-11-12(15)13(17-16-11)14(21)19-6-3-5-18(7-8-19)9-10-20/h20H,2-10,15H2,1H3,(H,16,17). The van der Waals surface area contributed by atoms with Crippen LogP contribution < -0.4 is 5.73 Å². The number of aromatic amines is 1. The molecule has 2 heterocycles. The van der Waals surface area contributed by atoms with Crippen LogP contribution in [-0.2, 0) is 6.42 Å². The van der Waals surface area contributed by atoms with Crippen molar-refractivity contribution in [1.29, 1.82) is 0 Å². The van der Waals surface area contributed by atoms with Crippen molar-refractivity contribution in [2.75, 3.05) is 45.1 Å². The normalized spacial score (nSPS) is 17.0. The maximum Gasteiger partial charge on any atom is 0.276 e. The average molecular weight is 295 g/mol. The minimum Gasteiger partial charge on any atom is -0.395 e. The molecule has 7 heteroatoms. The van der Waals surface area contributed by atoms with E-state index in [0.29, 0.717) is 31.0 Å². The molecular formula is C14H25N5O2. The molecule has 4 N–H and O–H groups in total. The molecule has 1 saturated heterocycles. The number of nitrogens with two attached hydrogens (primary N) is 1. The van der Waals surface area contributed by atoms with Gasteiger partial charge in [-0.3, -0.25) is 14.8 Å². The third-order valence-corrected chi connectivity index (χ3v) is 3.88. The summed E-state index contributed by atoms with van der Waals surface area (Å²) >= 11 is 0. The molecule has 7 nitrogen and oxygen atoms in total. The van der Waals surface area contributed by atoms with Crippen LogP contribution in [0.4, 0.5) is 5.69 Å². The molecular weight excluding hydrogens is 270 g/mol. The highest BCUT2D eigenvalue weighted by Gasteiger charge is 2.24. The third kappa shape index (κ3) is 3.74. The van der Waals surface area contributed by atoms with E-state index in [-0.39, 0.29) is 12.5 Å². The number of aryl methyl sites for hydroxylation is 1. The van der Waals surface area contributed by atoms with Gasteiger partial charge >= 0.3 is 0 Å². The summed E-state index contributed by atoms with van der Waals surface area (Å²) in [6.07, 6.45) is 2.66. The molecule has 1 aromatic heterocycles. The first-order valence-electron chi connectivity index (χ1n) is 7.62. The molecule has 1 aliphatic heterocycles. The number of amides is 1. The molecule has 0 radical (unpaired) electrons. The lowest BCUT2D eigenvalue weighted by atomic mass is 10.2. The predicted octanol–water partition coefficient (Wildman–Crippen LogP) is 0.0846. The minimum absolute atomic E-state index is 0.100. The number of nitrogen functional groups attached to an aromatic ring is 1. The van der Waals surface area contributed by atoms with Gasteiger partial charge in [-0.15, -0.1) is 0 Å². The average Bonchev–Trinajstić information content (AvgIpc) is 2.70. The zero-order valence-electron chi connectivity index (χ0n) is 12.6. The second-order valence-electron chi connectivity index (χ2n) is 5.43. The molecule has 0 aliphatic carbocycles. The Kier molecular flexibility index (Phi) is 5.58. The van der Waals surface area contributed by atoms with Gasteiger partial charge in [-0.05, 0) is 19.4 Å². The number of β-amino-alcohol motifs (C(OH)–C–C–N with tert-alkyl or cyclic N) is 1. The van der Waals surface area contributed by atoms with Crippen LogP contribution >= 0.6 is 0 Å². The van der Waals surface area contributed by atoms with Gasteiger partial charge in [0.05, 0.1) is 18.0 Å². The van der Waals surface area contributed by atoms with Crippen molar-refractivity contribution < 1.29 is 9.90 Å². The van der Waals surface area contributed by atoms with Crippen LogP contribution in [0.15, 0.2) is 0 Å². The Labute approximate surface area is 125 Å². The number of rotatable bonds is 5. The fourth-order valence-corrected chi connectivity index (χ4v) is 2.68. The lowest BCUT2D eigenvalue weighted by Crippen LogP contribution is -2.36. The number of carbonyl (C=O) groups is 1. The van der Waals surface area contributed by atoms with Gasteiger partial charge in [-0.1, -0.05) is 13.3 Å². The summed E-state index contributed by atoms with van der Waals surface area (Å²) in [5, 5.41) is 16.0. The lowest BCUT2D eigenvalue weighted by Gasteiger charge is -2.20. The van der Waals surface area contributed by atoms with Gasteiger partial charge in [-0.25, -0.2) is 0 Å². The molecule has 1 aromatic rings. The Morgan fingerprint density at radius 1 is 1.38 bits per heavy atom. The summed E-state index contributed by atoms with van der Waals surface area (Å²) in [4.78, 5) is 16.5. The number of anilines is 1. The topological polar surface area (TPSA) is 98.5 Å². The molecule has 0 spiro atoms. The summed E-state index contributed by atoms with van der Waals surface area (Å²) < 4.78 is 0. The van der Waals surface area contributed by atoms with Crippen molar-refractivity contribution in [2.45, 2.75) is 26.2 Å². The van der Waals surface area contributed by atoms with Gasteiger partial charge in [0.2, 0.25) is 0 Å². The third-order valence-electron chi connectivity index (χ3n) is 3.88. The highest BCUT2D eigenvalue weighted by atomic mass is 16.3. The van der Waals surface area contributed by atoms with Gasteiger partial charge in [0.15, 0.2) is 5.69 Å². The molecule has 0 unspecified atom stereocenters. The first-order chi connectivity index (χ1) is 10.2. The molecule has 0 aromatic carbocycles. The number of hydrogen-bond donors (Lipinski definition) is 3. The number of hydrogen-bond acceptors (Lipinski definition) is 5. The van der Waals surface area contributed by atoms with Crippen molar-refractivity contribution in [1.82, 2.24) is 20.0 Å². The monoisotopic (exact) mass is 295 g/mol. The molecule has 1 aliphatic rings. The van der Waals surface area contributed by atoms with Crippen LogP contribution in [-0.4, -0.2) is 70.3 Å². The number of nitrogens with zero attached hydrogens (tertiary/aromatic N) is 3. The Bertz CT molecular complexity index is 474. The van der Waals surface area contributed by atoms with Crippen molar-refractivity contribution >= 4 is 11.6 Å². The molecule has 0 bridgehead atoms. The summed E-state index contributed by atoms with van der Waals surface area (Å²) in [7, 11) is 0. The number of aliphatic hydroxyl groups excluding tert-OH is 1. The number of carbonyl (C=O) groups excluding carboxylic acids is 1. The van der Waals surface area contributed by atoms with E-state index in [1.807, 2.05) is 0 Å². The zero-order valence-corrected chi connectivity index (χ0v) is 12.6. The number of aromatic nitrogens is 2. The van der Waals surface area contributed by atoms with Crippen LogP contribution in [0.3, 0.4) is 0 Å². The van der Waals surface area contributed by atoms with Crippen molar-refractivity contribution in [2.24, 2.45) is 0 Å². The van der Waals surface area contributed by atoms with E-state index in [2.05, 4.69) is 22.0 Å². The number of nitrogens with one attached hydrogen (secondary N) is 1. The smallest absolute Gasteiger partial charge is 0.276 e. The van der Waals surface area contributed by atoms with Crippen LogP contribution in [0.25, 0.3) is 0 Å². The van der Waals surface area contributed by atoms with E-state index in [1.54, 1.807) is 4.90 Å². The summed E-state index contributed by atoms with van der Waals surface area (Å²) in [6, 6.07) is 0. The highest BCUT2D eigenvalue weighted by Crippen LogP contribution is 2.18. The summed E-state index contributed by atoms with van der Waals surface area (Å²) in [5.41, 5.74) is 7.70. The Hall–Kier alpha value is -1.60. The predicted molar refractivity (Wildman–Crippen MR) is 81.0 cm³/mol. The van der Waals surface area contributed by atoms with Crippen LogP contribution in [0.2, 0.25) is 0 Å². The summed E-state index contributed by atoms with van der Waals surface area (Å²) in [5.74, 6) is -0.100. The van der Waals surface area contributed by atoms with Gasteiger partial charge in [0.25, 0.3) is 5.91 Å². The van der Waals surface area contributed by atoms with Gasteiger partial charge in [0, 0.05) is 26.2 Å². The van der Waals surface area contributed by atoms with Crippen LogP contribution in [0, 0.1) is 0 Å². The molecule has 1 amide bonds. The second-order valence-corrected chi connectivity index (χ2v) is 5.43. The SMILES string of the molecule is CCCc1[nH]nc(C(=O)N2CCCN(CCO)CC2)c1N. The van der Waals surface area contributed by atoms with Gasteiger partial charge in [0.1, 0.15) is 0 Å². The van der Waals surface area contributed by atoms with Crippen LogP contribution in [0.1, 0.15) is 35.9 Å². The van der Waals surface area contributed by atoms with E-state index in [4.69, 9.17) is 10.8 Å². The molecule has 1 fully saturated rings. The van der Waals surface area contributed by atoms with E-state index in [0.717, 1.165) is 38.0 Å². The molecule has 0 atom stereocenters. The summed E-state index contributed by atoms with van der Waals surface area (Å²) in [6.45, 7) is 5.91. The maximum atomic E-state index is 12.6. The fraction of sp³-hybridized carbons (Fsp3) is 0.714. The molecule has 0 saturated carbocycles. The number of aliphatic hydroxyl groups is 1. The van der Waals surface area contributed by atoms with Crippen molar-refractivity contribution in [3.8, 4) is 0 Å². The van der Waals surface area contributed by atoms with Gasteiger partial charge in [-0.2, -0.15) is 5.10 Å². The Morgan fingerprint density at radius 3 is 2.90 bits per heavy atom. The Balaban J connectivity index is 2.02. The quantitative estimate of drug-likeness (QED) is 0.715. The first kappa shape index (κ1) is 15.8. The second kappa shape index (κ2) is 7.42. The molecule has 21 heavy (non-hydrogen) atoms. The molecule has 2 rings (SSSR count). The van der Waals surface area contributed by atoms with E-state index in [1.165, 1.54) is 0 Å². The first-order valence-corrected chi connectivity index (χ1v) is 7.62. The maximum absolute atomic E-state index is 12.6. The number of H-pyrrole nitrogens is 1. The van der Waals surface area contributed by atoms with Gasteiger partial charge < -0.3 is 15.7 Å². The van der Waals surface area contributed by atoms with Crippen LogP contribution in [0.5, 0.6) is 0 Å². The van der Waals surface area contributed by atoms with Crippen molar-refractivity contribution in [3.05, 3.63) is 11.4 Å². The Morgan fingerprint density at radius 2 is 2.19 bits per heavy atom. The minimum atomic E-state index is -0.100. The van der Waals surface area contributed by atoms with E-state index < -0.39 is 0 Å². The highest BCUT2D eigenvalue weighted by molar-refractivity contribution is 5.97. The fourth-order valence-electron chi connectivity index (χ4n) is 2.68. The van der Waals surface area contributed by atoms with E-state index >= 15 is 0 Å². The lowest BCUT2D eigenvalue weighted by molar-refractivity contribution is 0.0755.